The fraction of sp³-hybridized carbons (Fsp3) is 0.308. The lowest BCUT2D eigenvalue weighted by molar-refractivity contribution is 0.197. The molecule has 9 heteroatoms. The fourth-order valence-corrected chi connectivity index (χ4v) is 3.17. The summed E-state index contributed by atoms with van der Waals surface area (Å²) in [5.41, 5.74) is 6.93. The van der Waals surface area contributed by atoms with Crippen LogP contribution in [0.3, 0.4) is 0 Å². The van der Waals surface area contributed by atoms with Crippen molar-refractivity contribution in [1.82, 2.24) is 15.2 Å². The Morgan fingerprint density at radius 1 is 1.32 bits per heavy atom. The maximum Gasteiger partial charge on any atom is 0.248 e. The molecule has 3 rings (SSSR count). The predicted octanol–water partition coefficient (Wildman–Crippen LogP) is 2.25. The van der Waals surface area contributed by atoms with Gasteiger partial charge in [-0.3, -0.25) is 0 Å². The number of benzene rings is 1. The smallest absolute Gasteiger partial charge is 0.248 e. The maximum atomic E-state index is 9.67. The van der Waals surface area contributed by atoms with Crippen LogP contribution in [0.15, 0.2) is 18.2 Å². The zero-order valence-corrected chi connectivity index (χ0v) is 13.7. The molecule has 0 radical (unpaired) electrons. The highest BCUT2D eigenvalue weighted by Gasteiger charge is 2.31. The third kappa shape index (κ3) is 2.81. The lowest BCUT2D eigenvalue weighted by Gasteiger charge is -2.20. The van der Waals surface area contributed by atoms with E-state index in [1.54, 1.807) is 23.1 Å². The van der Waals surface area contributed by atoms with Crippen molar-refractivity contribution < 1.29 is 5.11 Å². The minimum atomic E-state index is -0.464. The number of hydrogen-bond donors (Lipinski definition) is 3. The largest absolute Gasteiger partial charge is 0.391 e. The first-order chi connectivity index (χ1) is 10.5. The molecule has 116 valence electrons. The van der Waals surface area contributed by atoms with Crippen LogP contribution in [0, 0.1) is 0 Å². The Hall–Kier alpha value is -1.28. The van der Waals surface area contributed by atoms with Gasteiger partial charge in [0.25, 0.3) is 0 Å². The molecule has 1 aromatic heterocycles. The van der Waals surface area contributed by atoms with Crippen LogP contribution in [0.2, 0.25) is 10.0 Å². The number of thiol groups is 1. The third-order valence-corrected chi connectivity index (χ3v) is 4.72. The van der Waals surface area contributed by atoms with Crippen LogP contribution in [0.25, 0.3) is 11.3 Å². The molecule has 0 saturated carbocycles. The Morgan fingerprint density at radius 2 is 2.09 bits per heavy atom. The van der Waals surface area contributed by atoms with Crippen molar-refractivity contribution in [3.63, 3.8) is 0 Å². The van der Waals surface area contributed by atoms with Crippen molar-refractivity contribution in [2.24, 2.45) is 0 Å². The van der Waals surface area contributed by atoms with Gasteiger partial charge in [0.15, 0.2) is 5.82 Å². The highest BCUT2D eigenvalue weighted by molar-refractivity contribution is 7.81. The maximum absolute atomic E-state index is 9.67. The molecule has 2 unspecified atom stereocenters. The molecule has 0 amide bonds. The van der Waals surface area contributed by atoms with E-state index >= 15 is 0 Å². The quantitative estimate of drug-likeness (QED) is 0.714. The van der Waals surface area contributed by atoms with E-state index in [0.29, 0.717) is 40.2 Å². The zero-order valence-electron chi connectivity index (χ0n) is 11.3. The van der Waals surface area contributed by atoms with Gasteiger partial charge in [0.1, 0.15) is 5.69 Å². The standard InChI is InChI=1S/C13H13Cl2N5OS/c14-8-3-1-2-7(10(8)15)11-12(16)17-13(19-18-11)20-5-6(21)4-9(20)22/h1-3,6,9,21-22H,4-5H2,(H2,16,17,19). The summed E-state index contributed by atoms with van der Waals surface area (Å²) in [6, 6.07) is 5.17. The Bertz CT molecular complexity index is 717. The molecule has 2 atom stereocenters. The number of nitrogens with two attached hydrogens (primary N) is 1. The van der Waals surface area contributed by atoms with E-state index in [0.717, 1.165) is 0 Å². The molecule has 1 aliphatic rings. The lowest BCUT2D eigenvalue weighted by Crippen LogP contribution is -2.28. The summed E-state index contributed by atoms with van der Waals surface area (Å²) in [5.74, 6) is 0.520. The average molecular weight is 358 g/mol. The number of nitrogen functional groups attached to an aromatic ring is 1. The van der Waals surface area contributed by atoms with E-state index in [1.807, 2.05) is 0 Å². The number of hydrogen-bond acceptors (Lipinski definition) is 7. The van der Waals surface area contributed by atoms with Crippen LogP contribution in [0.5, 0.6) is 0 Å². The first kappa shape index (κ1) is 15.6. The highest BCUT2D eigenvalue weighted by Crippen LogP contribution is 2.35. The van der Waals surface area contributed by atoms with Crippen LogP contribution in [0.4, 0.5) is 11.8 Å². The SMILES string of the molecule is Nc1nc(N2CC(O)CC2S)nnc1-c1cccc(Cl)c1Cl. The van der Waals surface area contributed by atoms with Crippen molar-refractivity contribution in [2.45, 2.75) is 17.9 Å². The molecule has 1 aromatic carbocycles. The van der Waals surface area contributed by atoms with E-state index in [4.69, 9.17) is 28.9 Å². The number of halogens is 2. The van der Waals surface area contributed by atoms with Gasteiger partial charge in [-0.25, -0.2) is 0 Å². The number of anilines is 2. The molecule has 2 aromatic rings. The normalized spacial score (nSPS) is 21.4. The zero-order chi connectivity index (χ0) is 15.9. The molecule has 1 saturated heterocycles. The Labute approximate surface area is 142 Å². The monoisotopic (exact) mass is 357 g/mol. The molecule has 1 fully saturated rings. The predicted molar refractivity (Wildman–Crippen MR) is 90.4 cm³/mol. The van der Waals surface area contributed by atoms with E-state index < -0.39 is 6.10 Å². The summed E-state index contributed by atoms with van der Waals surface area (Å²) < 4.78 is 0. The van der Waals surface area contributed by atoms with E-state index in [2.05, 4.69) is 27.8 Å². The number of β-amino-alcohol motifs (C(OH)–C–C–N with tert-alkyl or cyclic N) is 1. The molecule has 2 heterocycles. The van der Waals surface area contributed by atoms with Gasteiger partial charge in [-0.2, -0.15) is 17.6 Å². The Morgan fingerprint density at radius 3 is 2.73 bits per heavy atom. The molecule has 3 N–H and O–H groups in total. The second-order valence-corrected chi connectivity index (χ2v) is 6.35. The number of nitrogens with zero attached hydrogens (tertiary/aromatic N) is 4. The van der Waals surface area contributed by atoms with Gasteiger partial charge in [0.05, 0.1) is 21.5 Å². The summed E-state index contributed by atoms with van der Waals surface area (Å²) in [6.07, 6.45) is 0.0724. The van der Waals surface area contributed by atoms with Crippen molar-refractivity contribution in [3.8, 4) is 11.3 Å². The summed E-state index contributed by atoms with van der Waals surface area (Å²) in [6.45, 7) is 0.395. The van der Waals surface area contributed by atoms with Crippen LogP contribution in [0.1, 0.15) is 6.42 Å². The second kappa shape index (κ2) is 6.08. The van der Waals surface area contributed by atoms with Crippen molar-refractivity contribution >= 4 is 47.6 Å². The number of aromatic nitrogens is 3. The van der Waals surface area contributed by atoms with Crippen LogP contribution < -0.4 is 10.6 Å². The van der Waals surface area contributed by atoms with Gasteiger partial charge in [-0.1, -0.05) is 35.3 Å². The minimum absolute atomic E-state index is 0.170. The van der Waals surface area contributed by atoms with Gasteiger partial charge in [0, 0.05) is 18.5 Å². The average Bonchev–Trinajstić information content (AvgIpc) is 2.81. The van der Waals surface area contributed by atoms with E-state index in [-0.39, 0.29) is 11.2 Å². The number of rotatable bonds is 2. The lowest BCUT2D eigenvalue weighted by atomic mass is 10.1. The van der Waals surface area contributed by atoms with Gasteiger partial charge in [-0.05, 0) is 6.07 Å². The number of aliphatic hydroxyl groups is 1. The van der Waals surface area contributed by atoms with Crippen LogP contribution in [-0.2, 0) is 0 Å². The highest BCUT2D eigenvalue weighted by atomic mass is 35.5. The topological polar surface area (TPSA) is 88.2 Å². The molecule has 1 aliphatic heterocycles. The third-order valence-electron chi connectivity index (χ3n) is 3.42. The molecule has 0 bridgehead atoms. The summed E-state index contributed by atoms with van der Waals surface area (Å²) in [5, 5.41) is 18.4. The van der Waals surface area contributed by atoms with E-state index in [9.17, 15) is 5.11 Å². The summed E-state index contributed by atoms with van der Waals surface area (Å²) >= 11 is 16.6. The van der Waals surface area contributed by atoms with Crippen LogP contribution in [-0.4, -0.2) is 38.3 Å². The summed E-state index contributed by atoms with van der Waals surface area (Å²) in [7, 11) is 0. The van der Waals surface area contributed by atoms with Crippen molar-refractivity contribution in [2.75, 3.05) is 17.2 Å². The van der Waals surface area contributed by atoms with Crippen molar-refractivity contribution in [3.05, 3.63) is 28.2 Å². The molecular formula is C13H13Cl2N5OS. The van der Waals surface area contributed by atoms with Gasteiger partial charge in [-0.15, -0.1) is 10.2 Å². The molecular weight excluding hydrogens is 345 g/mol. The molecule has 0 spiro atoms. The van der Waals surface area contributed by atoms with Crippen LogP contribution >= 0.6 is 35.8 Å². The van der Waals surface area contributed by atoms with Gasteiger partial charge in [0.2, 0.25) is 5.95 Å². The molecule has 22 heavy (non-hydrogen) atoms. The number of aliphatic hydroxyl groups excluding tert-OH is 1. The molecule has 6 nitrogen and oxygen atoms in total. The minimum Gasteiger partial charge on any atom is -0.391 e. The Balaban J connectivity index is 1.98. The first-order valence-corrected chi connectivity index (χ1v) is 7.82. The second-order valence-electron chi connectivity index (χ2n) is 4.97. The van der Waals surface area contributed by atoms with Crippen molar-refractivity contribution in [1.29, 1.82) is 0 Å². The Kier molecular flexibility index (Phi) is 4.31. The van der Waals surface area contributed by atoms with Gasteiger partial charge < -0.3 is 15.7 Å². The summed E-state index contributed by atoms with van der Waals surface area (Å²) in [4.78, 5) is 6.01. The molecule has 0 aliphatic carbocycles. The fourth-order valence-electron chi connectivity index (χ4n) is 2.34. The van der Waals surface area contributed by atoms with E-state index in [1.165, 1.54) is 0 Å². The first-order valence-electron chi connectivity index (χ1n) is 6.54. The van der Waals surface area contributed by atoms with Gasteiger partial charge >= 0.3 is 0 Å².